The fourth-order valence-corrected chi connectivity index (χ4v) is 1.40. The predicted octanol–water partition coefficient (Wildman–Crippen LogP) is 1.88. The molecule has 0 unspecified atom stereocenters. The first-order chi connectivity index (χ1) is 7.16. The lowest BCUT2D eigenvalue weighted by molar-refractivity contribution is 0.628. The molecule has 0 radical (unpaired) electrons. The first-order valence-corrected chi connectivity index (χ1v) is 4.48. The molecule has 4 heteroatoms. The summed E-state index contributed by atoms with van der Waals surface area (Å²) in [5, 5.41) is 0. The Balaban J connectivity index is 2.63. The lowest BCUT2D eigenvalue weighted by atomic mass is 10.1. The molecule has 3 nitrogen and oxygen atoms in total. The summed E-state index contributed by atoms with van der Waals surface area (Å²) in [6, 6.07) is 6.07. The zero-order valence-corrected chi connectivity index (χ0v) is 8.12. The van der Waals surface area contributed by atoms with Crippen LogP contribution in [0, 0.1) is 12.7 Å². The fraction of sp³-hybridized carbons (Fsp3) is 0.0909. The Morgan fingerprint density at radius 2 is 2.20 bits per heavy atom. The minimum atomic E-state index is -0.431. The van der Waals surface area contributed by atoms with Crippen LogP contribution in [0.1, 0.15) is 5.56 Å². The van der Waals surface area contributed by atoms with Crippen molar-refractivity contribution in [3.63, 3.8) is 0 Å². The van der Waals surface area contributed by atoms with Crippen molar-refractivity contribution in [1.82, 2.24) is 9.97 Å². The van der Waals surface area contributed by atoms with Gasteiger partial charge in [0.25, 0.3) is 0 Å². The molecule has 0 fully saturated rings. The van der Waals surface area contributed by atoms with Gasteiger partial charge in [-0.05, 0) is 24.6 Å². The first kappa shape index (κ1) is 9.58. The Kier molecular flexibility index (Phi) is 2.33. The number of benzene rings is 1. The first-order valence-electron chi connectivity index (χ1n) is 4.48. The van der Waals surface area contributed by atoms with Crippen molar-refractivity contribution < 1.29 is 4.39 Å². The number of rotatable bonds is 1. The van der Waals surface area contributed by atoms with E-state index in [2.05, 4.69) is 9.97 Å². The molecule has 1 aromatic heterocycles. The van der Waals surface area contributed by atoms with Crippen LogP contribution in [0.15, 0.2) is 35.3 Å². The fourth-order valence-electron chi connectivity index (χ4n) is 1.40. The topological polar surface area (TPSA) is 45.8 Å². The molecule has 0 aliphatic rings. The molecule has 1 N–H and O–H groups in total. The Morgan fingerprint density at radius 1 is 1.40 bits per heavy atom. The normalized spacial score (nSPS) is 10.3. The second-order valence-electron chi connectivity index (χ2n) is 3.26. The molecule has 76 valence electrons. The van der Waals surface area contributed by atoms with Crippen LogP contribution in [-0.4, -0.2) is 9.97 Å². The Bertz CT molecular complexity index is 548. The number of aryl methyl sites for hydroxylation is 1. The number of halogens is 1. The Morgan fingerprint density at radius 3 is 2.93 bits per heavy atom. The van der Waals surface area contributed by atoms with Gasteiger partial charge in [0.05, 0.1) is 5.69 Å². The van der Waals surface area contributed by atoms with Crippen LogP contribution >= 0.6 is 0 Å². The molecule has 0 aliphatic carbocycles. The zero-order chi connectivity index (χ0) is 10.8. The second kappa shape index (κ2) is 3.65. The van der Waals surface area contributed by atoms with Gasteiger partial charge in [-0.2, -0.15) is 0 Å². The van der Waals surface area contributed by atoms with E-state index in [1.54, 1.807) is 12.1 Å². The summed E-state index contributed by atoms with van der Waals surface area (Å²) in [5.41, 5.74) is 1.63. The maximum absolute atomic E-state index is 13.0. The third-order valence-corrected chi connectivity index (χ3v) is 2.12. The van der Waals surface area contributed by atoms with E-state index in [1.165, 1.54) is 18.3 Å². The van der Waals surface area contributed by atoms with E-state index in [0.717, 1.165) is 5.56 Å². The average Bonchev–Trinajstić information content (AvgIpc) is 2.22. The van der Waals surface area contributed by atoms with Crippen LogP contribution in [-0.2, 0) is 0 Å². The van der Waals surface area contributed by atoms with Crippen LogP contribution in [0.3, 0.4) is 0 Å². The molecule has 0 aliphatic heterocycles. The highest BCUT2D eigenvalue weighted by molar-refractivity contribution is 5.61. The number of hydrogen-bond donors (Lipinski definition) is 1. The van der Waals surface area contributed by atoms with Gasteiger partial charge >= 0.3 is 5.69 Å². The lowest BCUT2D eigenvalue weighted by Crippen LogP contribution is -2.11. The van der Waals surface area contributed by atoms with Crippen molar-refractivity contribution >= 4 is 0 Å². The van der Waals surface area contributed by atoms with Gasteiger partial charge in [0.1, 0.15) is 5.82 Å². The van der Waals surface area contributed by atoms with E-state index in [4.69, 9.17) is 0 Å². The van der Waals surface area contributed by atoms with E-state index in [9.17, 15) is 9.18 Å². The maximum Gasteiger partial charge on any atom is 0.345 e. The van der Waals surface area contributed by atoms with Gasteiger partial charge in [0, 0.05) is 11.8 Å². The molecule has 15 heavy (non-hydrogen) atoms. The van der Waals surface area contributed by atoms with Crippen molar-refractivity contribution in [2.75, 3.05) is 0 Å². The molecule has 0 atom stereocenters. The van der Waals surface area contributed by atoms with Crippen molar-refractivity contribution in [1.29, 1.82) is 0 Å². The van der Waals surface area contributed by atoms with E-state index in [-0.39, 0.29) is 5.82 Å². The molecule has 1 heterocycles. The number of aromatic nitrogens is 2. The lowest BCUT2D eigenvalue weighted by Gasteiger charge is -2.04. The molecule has 2 rings (SSSR count). The van der Waals surface area contributed by atoms with Crippen LogP contribution in [0.4, 0.5) is 4.39 Å². The number of H-pyrrole nitrogens is 1. The van der Waals surface area contributed by atoms with E-state index < -0.39 is 5.69 Å². The highest BCUT2D eigenvalue weighted by Gasteiger charge is 2.03. The van der Waals surface area contributed by atoms with Crippen molar-refractivity contribution in [2.45, 2.75) is 6.92 Å². The van der Waals surface area contributed by atoms with E-state index >= 15 is 0 Å². The minimum absolute atomic E-state index is 0.329. The quantitative estimate of drug-likeness (QED) is 0.770. The summed E-state index contributed by atoms with van der Waals surface area (Å²) in [4.78, 5) is 17.2. The summed E-state index contributed by atoms with van der Waals surface area (Å²) in [6.45, 7) is 1.81. The number of aromatic amines is 1. The molecule has 2 aromatic rings. The minimum Gasteiger partial charge on any atom is -0.305 e. The number of nitrogens with one attached hydrogen (secondary N) is 1. The summed E-state index contributed by atoms with van der Waals surface area (Å²) in [6.07, 6.45) is 1.47. The molecule has 0 saturated heterocycles. The van der Waals surface area contributed by atoms with Gasteiger partial charge in [0.15, 0.2) is 0 Å². The van der Waals surface area contributed by atoms with Gasteiger partial charge in [-0.3, -0.25) is 0 Å². The van der Waals surface area contributed by atoms with Crippen LogP contribution in [0.2, 0.25) is 0 Å². The predicted molar refractivity (Wildman–Crippen MR) is 55.0 cm³/mol. The standard InChI is InChI=1S/C11H9FN2O/c1-7-6-13-11(15)14-10(7)8-3-2-4-9(12)5-8/h2-6H,1H3,(H,13,14,15). The smallest absolute Gasteiger partial charge is 0.305 e. The Hall–Kier alpha value is -1.97. The Labute approximate surface area is 85.6 Å². The van der Waals surface area contributed by atoms with Crippen molar-refractivity contribution in [2.24, 2.45) is 0 Å². The highest BCUT2D eigenvalue weighted by Crippen LogP contribution is 2.19. The van der Waals surface area contributed by atoms with Gasteiger partial charge in [-0.15, -0.1) is 0 Å². The number of nitrogens with zero attached hydrogens (tertiary/aromatic N) is 1. The molecule has 0 amide bonds. The second-order valence-corrected chi connectivity index (χ2v) is 3.26. The maximum atomic E-state index is 13.0. The van der Waals surface area contributed by atoms with Crippen LogP contribution < -0.4 is 5.69 Å². The summed E-state index contributed by atoms with van der Waals surface area (Å²) < 4.78 is 13.0. The third kappa shape index (κ3) is 1.93. The zero-order valence-electron chi connectivity index (χ0n) is 8.12. The third-order valence-electron chi connectivity index (χ3n) is 2.12. The van der Waals surface area contributed by atoms with Gasteiger partial charge < -0.3 is 4.98 Å². The highest BCUT2D eigenvalue weighted by atomic mass is 19.1. The SMILES string of the molecule is Cc1cnc(=O)[nH]c1-c1cccc(F)c1. The van der Waals surface area contributed by atoms with E-state index in [1.807, 2.05) is 6.92 Å². The van der Waals surface area contributed by atoms with Crippen LogP contribution in [0.25, 0.3) is 11.3 Å². The summed E-state index contributed by atoms with van der Waals surface area (Å²) >= 11 is 0. The summed E-state index contributed by atoms with van der Waals surface area (Å²) in [7, 11) is 0. The molecule has 0 saturated carbocycles. The van der Waals surface area contributed by atoms with Gasteiger partial charge in [-0.1, -0.05) is 12.1 Å². The summed E-state index contributed by atoms with van der Waals surface area (Å²) in [5.74, 6) is -0.329. The monoisotopic (exact) mass is 204 g/mol. The molecule has 0 bridgehead atoms. The van der Waals surface area contributed by atoms with Crippen molar-refractivity contribution in [3.8, 4) is 11.3 Å². The van der Waals surface area contributed by atoms with Gasteiger partial charge in [0.2, 0.25) is 0 Å². The number of hydrogen-bond acceptors (Lipinski definition) is 2. The van der Waals surface area contributed by atoms with E-state index in [0.29, 0.717) is 11.3 Å². The van der Waals surface area contributed by atoms with Crippen molar-refractivity contribution in [3.05, 3.63) is 52.3 Å². The average molecular weight is 204 g/mol. The molecular formula is C11H9FN2O. The molecule has 1 aromatic carbocycles. The van der Waals surface area contributed by atoms with Gasteiger partial charge in [-0.25, -0.2) is 14.2 Å². The largest absolute Gasteiger partial charge is 0.345 e. The van der Waals surface area contributed by atoms with Crippen LogP contribution in [0.5, 0.6) is 0 Å². The molecule has 0 spiro atoms. The molecular weight excluding hydrogens is 195 g/mol.